The zero-order valence-electron chi connectivity index (χ0n) is 9.58. The topological polar surface area (TPSA) is 28.3 Å². The molecule has 3 nitrogen and oxygen atoms in total. The van der Waals surface area contributed by atoms with Gasteiger partial charge in [-0.1, -0.05) is 18.2 Å². The van der Waals surface area contributed by atoms with Crippen LogP contribution < -0.4 is 0 Å². The van der Waals surface area contributed by atoms with Gasteiger partial charge in [0.2, 0.25) is 0 Å². The van der Waals surface area contributed by atoms with Crippen molar-refractivity contribution >= 4 is 29.2 Å². The highest BCUT2D eigenvalue weighted by atomic mass is 35.5. The zero-order chi connectivity index (χ0) is 11.9. The summed E-state index contributed by atoms with van der Waals surface area (Å²) in [4.78, 5) is 8.62. The van der Waals surface area contributed by atoms with Gasteiger partial charge in [-0.05, 0) is 13.0 Å². The summed E-state index contributed by atoms with van der Waals surface area (Å²) >= 11 is 6.10. The molecule has 16 heavy (non-hydrogen) atoms. The molecule has 0 bridgehead atoms. The van der Waals surface area contributed by atoms with E-state index < -0.39 is 0 Å². The lowest BCUT2D eigenvalue weighted by molar-refractivity contribution is -0.458. The summed E-state index contributed by atoms with van der Waals surface area (Å²) in [6.07, 6.45) is 1.93. The van der Waals surface area contributed by atoms with Crippen LogP contribution in [0.15, 0.2) is 17.6 Å². The lowest BCUT2D eigenvalue weighted by Gasteiger charge is -2.02. The van der Waals surface area contributed by atoms with Gasteiger partial charge in [0.05, 0.1) is 17.0 Å². The molecule has 2 rings (SSSR count). The molecule has 0 fully saturated rings. The van der Waals surface area contributed by atoms with Gasteiger partial charge in [-0.15, -0.1) is 0 Å². The van der Waals surface area contributed by atoms with Crippen LogP contribution in [0.25, 0.3) is 5.70 Å². The fraction of sp³-hybridized carbons (Fsp3) is 0.250. The molecule has 1 aromatic heterocycles. The third-order valence-electron chi connectivity index (χ3n) is 2.37. The van der Waals surface area contributed by atoms with E-state index in [0.717, 1.165) is 22.5 Å². The molecule has 0 atom stereocenters. The lowest BCUT2D eigenvalue weighted by atomic mass is 10.1. The number of halogens is 1. The first-order valence-electron chi connectivity index (χ1n) is 4.96. The van der Waals surface area contributed by atoms with E-state index in [9.17, 15) is 0 Å². The maximum absolute atomic E-state index is 6.10. The van der Waals surface area contributed by atoms with Crippen molar-refractivity contribution in [1.29, 1.82) is 0 Å². The first-order valence-corrected chi connectivity index (χ1v) is 5.33. The van der Waals surface area contributed by atoms with Crippen LogP contribution in [0, 0.1) is 0 Å². The third kappa shape index (κ3) is 1.78. The molecule has 82 valence electrons. The minimum atomic E-state index is 0.485. The second-order valence-electron chi connectivity index (χ2n) is 4.00. The quantitative estimate of drug-likeness (QED) is 0.416. The Hall–Kier alpha value is -1.48. The van der Waals surface area contributed by atoms with Crippen molar-refractivity contribution in [1.82, 2.24) is 4.98 Å². The molecule has 0 radical (unpaired) electrons. The van der Waals surface area contributed by atoms with E-state index in [0.29, 0.717) is 10.9 Å². The maximum Gasteiger partial charge on any atom is 0.173 e. The average molecular weight is 235 g/mol. The largest absolute Gasteiger partial charge is 0.251 e. The average Bonchev–Trinajstić information content (AvgIpc) is 2.43. The molecule has 0 unspecified atom stereocenters. The van der Waals surface area contributed by atoms with E-state index in [4.69, 9.17) is 11.6 Å². The standard InChI is InChI=1S/C12H13ClN3/c1-7-10-5-9(6-16(3)4)12(13)15-11(10)8(2)14-7/h5-6H,2H2,1,3-4H3/q+1. The number of hydrogen-bond donors (Lipinski definition) is 0. The number of nitrogens with zero attached hydrogens (tertiary/aromatic N) is 3. The molecule has 0 amide bonds. The number of hydrogen-bond acceptors (Lipinski definition) is 2. The van der Waals surface area contributed by atoms with Crippen LogP contribution in [0.1, 0.15) is 23.7 Å². The molecule has 2 heterocycles. The maximum atomic E-state index is 6.10. The van der Waals surface area contributed by atoms with Gasteiger partial charge in [0.15, 0.2) is 6.21 Å². The Morgan fingerprint density at radius 3 is 2.75 bits per heavy atom. The van der Waals surface area contributed by atoms with E-state index in [-0.39, 0.29) is 0 Å². The first-order chi connectivity index (χ1) is 7.49. The Kier molecular flexibility index (Phi) is 2.64. The first kappa shape index (κ1) is 11.0. The van der Waals surface area contributed by atoms with Gasteiger partial charge in [-0.25, -0.2) is 9.56 Å². The van der Waals surface area contributed by atoms with Crippen molar-refractivity contribution in [2.24, 2.45) is 4.99 Å². The Morgan fingerprint density at radius 1 is 1.44 bits per heavy atom. The normalized spacial score (nSPS) is 13.5. The minimum Gasteiger partial charge on any atom is -0.251 e. The monoisotopic (exact) mass is 234 g/mol. The molecular formula is C12H13ClN3+. The van der Waals surface area contributed by atoms with Crippen molar-refractivity contribution in [3.8, 4) is 0 Å². The molecular weight excluding hydrogens is 222 g/mol. The smallest absolute Gasteiger partial charge is 0.173 e. The van der Waals surface area contributed by atoms with Gasteiger partial charge in [0.1, 0.15) is 19.2 Å². The van der Waals surface area contributed by atoms with Gasteiger partial charge in [-0.2, -0.15) is 0 Å². The molecule has 0 spiro atoms. The summed E-state index contributed by atoms with van der Waals surface area (Å²) in [7, 11) is 3.90. The van der Waals surface area contributed by atoms with E-state index in [1.165, 1.54) is 0 Å². The van der Waals surface area contributed by atoms with Crippen LogP contribution in [0.5, 0.6) is 0 Å². The van der Waals surface area contributed by atoms with Gasteiger partial charge in [-0.3, -0.25) is 4.99 Å². The van der Waals surface area contributed by atoms with Crippen LogP contribution in [-0.2, 0) is 0 Å². The number of aliphatic imine (C=N–C) groups is 1. The number of fused-ring (bicyclic) bond motifs is 1. The highest BCUT2D eigenvalue weighted by Crippen LogP contribution is 2.28. The molecule has 0 saturated carbocycles. The molecule has 0 N–H and O–H groups in total. The fourth-order valence-electron chi connectivity index (χ4n) is 1.69. The van der Waals surface area contributed by atoms with Crippen molar-refractivity contribution in [2.75, 3.05) is 14.1 Å². The SMILES string of the molecule is C=C1N=C(C)c2cc(C=[N+](C)C)c(Cl)nc21. The van der Waals surface area contributed by atoms with Crippen LogP contribution in [0.2, 0.25) is 5.15 Å². The molecule has 1 aromatic rings. The van der Waals surface area contributed by atoms with Crippen LogP contribution >= 0.6 is 11.6 Å². The summed E-state index contributed by atoms with van der Waals surface area (Å²) in [5.74, 6) is 0. The Balaban J connectivity index is 2.62. The summed E-state index contributed by atoms with van der Waals surface area (Å²) < 4.78 is 1.94. The summed E-state index contributed by atoms with van der Waals surface area (Å²) in [6.45, 7) is 5.80. The van der Waals surface area contributed by atoms with Crippen molar-refractivity contribution < 1.29 is 4.58 Å². The van der Waals surface area contributed by atoms with Gasteiger partial charge < -0.3 is 0 Å². The summed E-state index contributed by atoms with van der Waals surface area (Å²) in [5, 5.41) is 0.485. The van der Waals surface area contributed by atoms with Crippen molar-refractivity contribution in [3.63, 3.8) is 0 Å². The van der Waals surface area contributed by atoms with E-state index in [1.807, 2.05) is 37.9 Å². The van der Waals surface area contributed by atoms with Crippen molar-refractivity contribution in [2.45, 2.75) is 6.92 Å². The molecule has 0 aliphatic carbocycles. The molecule has 4 heteroatoms. The molecule has 1 aliphatic rings. The lowest BCUT2D eigenvalue weighted by Crippen LogP contribution is -2.04. The Labute approximate surface area is 99.8 Å². The van der Waals surface area contributed by atoms with Gasteiger partial charge in [0.25, 0.3) is 0 Å². The Morgan fingerprint density at radius 2 is 2.12 bits per heavy atom. The zero-order valence-corrected chi connectivity index (χ0v) is 10.3. The van der Waals surface area contributed by atoms with Gasteiger partial charge >= 0.3 is 0 Å². The van der Waals surface area contributed by atoms with Crippen LogP contribution in [0.4, 0.5) is 0 Å². The molecule has 0 aromatic carbocycles. The third-order valence-corrected chi connectivity index (χ3v) is 2.67. The highest BCUT2D eigenvalue weighted by Gasteiger charge is 2.20. The highest BCUT2D eigenvalue weighted by molar-refractivity contribution is 6.32. The van der Waals surface area contributed by atoms with E-state index >= 15 is 0 Å². The van der Waals surface area contributed by atoms with Crippen LogP contribution in [-0.4, -0.2) is 35.6 Å². The summed E-state index contributed by atoms with van der Waals surface area (Å²) in [6, 6.07) is 2.00. The number of rotatable bonds is 1. The van der Waals surface area contributed by atoms with E-state index in [2.05, 4.69) is 16.6 Å². The second-order valence-corrected chi connectivity index (χ2v) is 4.36. The molecule has 0 saturated heterocycles. The predicted molar refractivity (Wildman–Crippen MR) is 67.8 cm³/mol. The number of pyridine rings is 1. The predicted octanol–water partition coefficient (Wildman–Crippen LogP) is 2.22. The van der Waals surface area contributed by atoms with E-state index in [1.54, 1.807) is 0 Å². The molecule has 1 aliphatic heterocycles. The second kappa shape index (κ2) is 3.83. The Bertz CT molecular complexity index is 537. The number of aromatic nitrogens is 1. The summed E-state index contributed by atoms with van der Waals surface area (Å²) in [5.41, 5.74) is 4.33. The fourth-order valence-corrected chi connectivity index (χ4v) is 1.87. The minimum absolute atomic E-state index is 0.485. The van der Waals surface area contributed by atoms with Gasteiger partial charge in [0, 0.05) is 11.3 Å². The van der Waals surface area contributed by atoms with Crippen LogP contribution in [0.3, 0.4) is 0 Å². The van der Waals surface area contributed by atoms with Crippen molar-refractivity contribution in [3.05, 3.63) is 34.6 Å².